The van der Waals surface area contributed by atoms with Crippen molar-refractivity contribution in [1.82, 2.24) is 14.8 Å². The smallest absolute Gasteiger partial charge is 0.161 e. The molecule has 0 saturated heterocycles. The van der Waals surface area contributed by atoms with Crippen molar-refractivity contribution < 1.29 is 4.74 Å². The van der Waals surface area contributed by atoms with Gasteiger partial charge in [-0.15, -0.1) is 0 Å². The zero-order chi connectivity index (χ0) is 12.0. The summed E-state index contributed by atoms with van der Waals surface area (Å²) in [5, 5.41) is 6.65. The van der Waals surface area contributed by atoms with Gasteiger partial charge in [-0.25, -0.2) is 4.98 Å². The van der Waals surface area contributed by atoms with Gasteiger partial charge in [0.05, 0.1) is 24.2 Å². The van der Waals surface area contributed by atoms with Gasteiger partial charge in [0.1, 0.15) is 5.75 Å². The molecule has 4 nitrogen and oxygen atoms in total. The molecule has 0 aliphatic rings. The Bertz CT molecular complexity index is 720. The van der Waals surface area contributed by atoms with Gasteiger partial charge in [0.2, 0.25) is 0 Å². The van der Waals surface area contributed by atoms with Crippen LogP contribution in [-0.2, 0) is 7.05 Å². The first-order chi connectivity index (χ1) is 8.20. The fraction of sp³-hybridized carbons (Fsp3) is 0.167. The van der Waals surface area contributed by atoms with Gasteiger partial charge in [-0.3, -0.25) is 4.68 Å². The summed E-state index contributed by atoms with van der Waals surface area (Å²) >= 11 is 6.00. The molecule has 0 unspecified atom stereocenters. The van der Waals surface area contributed by atoms with E-state index in [1.165, 1.54) is 0 Å². The number of benzene rings is 1. The number of aromatic nitrogens is 3. The monoisotopic (exact) mass is 247 g/mol. The van der Waals surface area contributed by atoms with E-state index in [2.05, 4.69) is 10.1 Å². The largest absolute Gasteiger partial charge is 0.495 e. The highest BCUT2D eigenvalue weighted by atomic mass is 35.5. The molecule has 0 aliphatic heterocycles. The van der Waals surface area contributed by atoms with Crippen LogP contribution in [0.4, 0.5) is 0 Å². The highest BCUT2D eigenvalue weighted by molar-refractivity contribution is 6.31. The second-order valence-corrected chi connectivity index (χ2v) is 4.25. The number of hydrogen-bond acceptors (Lipinski definition) is 3. The van der Waals surface area contributed by atoms with Crippen molar-refractivity contribution in [3.05, 3.63) is 29.4 Å². The zero-order valence-electron chi connectivity index (χ0n) is 9.44. The molecule has 0 spiro atoms. The maximum absolute atomic E-state index is 6.00. The quantitative estimate of drug-likeness (QED) is 0.664. The summed E-state index contributed by atoms with van der Waals surface area (Å²) in [4.78, 5) is 4.55. The topological polar surface area (TPSA) is 39.9 Å². The number of pyridine rings is 1. The number of rotatable bonds is 1. The zero-order valence-corrected chi connectivity index (χ0v) is 10.2. The minimum absolute atomic E-state index is 0.667. The van der Waals surface area contributed by atoms with Crippen LogP contribution in [0, 0.1) is 0 Å². The SMILES string of the molecule is COc1c2cc(Cl)ccc2nc2c1cnn2C. The van der Waals surface area contributed by atoms with Crippen LogP contribution in [0.3, 0.4) is 0 Å². The van der Waals surface area contributed by atoms with Gasteiger partial charge in [0, 0.05) is 17.5 Å². The molecule has 5 heteroatoms. The average molecular weight is 248 g/mol. The fourth-order valence-electron chi connectivity index (χ4n) is 1.99. The number of hydrogen-bond donors (Lipinski definition) is 0. The lowest BCUT2D eigenvalue weighted by molar-refractivity contribution is 0.424. The van der Waals surface area contributed by atoms with Crippen LogP contribution in [0.25, 0.3) is 21.9 Å². The highest BCUT2D eigenvalue weighted by Crippen LogP contribution is 2.33. The van der Waals surface area contributed by atoms with Crippen LogP contribution in [0.1, 0.15) is 0 Å². The summed E-state index contributed by atoms with van der Waals surface area (Å²) in [5.41, 5.74) is 1.65. The number of nitrogens with zero attached hydrogens (tertiary/aromatic N) is 3. The molecule has 17 heavy (non-hydrogen) atoms. The van der Waals surface area contributed by atoms with E-state index in [1.54, 1.807) is 18.0 Å². The maximum atomic E-state index is 6.00. The molecule has 1 aromatic carbocycles. The molecule has 0 saturated carbocycles. The summed E-state index contributed by atoms with van der Waals surface area (Å²) < 4.78 is 7.19. The minimum atomic E-state index is 0.667. The highest BCUT2D eigenvalue weighted by Gasteiger charge is 2.12. The van der Waals surface area contributed by atoms with E-state index in [1.807, 2.05) is 25.2 Å². The van der Waals surface area contributed by atoms with Crippen LogP contribution in [0.5, 0.6) is 5.75 Å². The molecule has 0 N–H and O–H groups in total. The summed E-state index contributed by atoms with van der Waals surface area (Å²) in [6.45, 7) is 0. The van der Waals surface area contributed by atoms with Crippen molar-refractivity contribution in [2.24, 2.45) is 7.05 Å². The Morgan fingerprint density at radius 3 is 2.88 bits per heavy atom. The standard InChI is InChI=1S/C12H10ClN3O/c1-16-12-9(6-14-16)11(17-2)8-5-7(13)3-4-10(8)15-12/h3-6H,1-2H3. The lowest BCUT2D eigenvalue weighted by atomic mass is 10.1. The third kappa shape index (κ3) is 1.45. The minimum Gasteiger partial charge on any atom is -0.495 e. The molecule has 2 heterocycles. The summed E-state index contributed by atoms with van der Waals surface area (Å²) in [7, 11) is 3.50. The van der Waals surface area contributed by atoms with Crippen LogP contribution in [-0.4, -0.2) is 21.9 Å². The number of aryl methyl sites for hydroxylation is 1. The lowest BCUT2D eigenvalue weighted by Crippen LogP contribution is -1.94. The molecule has 2 aromatic heterocycles. The van der Waals surface area contributed by atoms with Gasteiger partial charge >= 0.3 is 0 Å². The van der Waals surface area contributed by atoms with Gasteiger partial charge < -0.3 is 4.74 Å². The van der Waals surface area contributed by atoms with Gasteiger partial charge in [0.15, 0.2) is 5.65 Å². The van der Waals surface area contributed by atoms with E-state index in [-0.39, 0.29) is 0 Å². The molecular weight excluding hydrogens is 238 g/mol. The van der Waals surface area contributed by atoms with Crippen molar-refractivity contribution in [3.8, 4) is 5.75 Å². The van der Waals surface area contributed by atoms with Gasteiger partial charge in [-0.2, -0.15) is 5.10 Å². The third-order valence-electron chi connectivity index (χ3n) is 2.79. The molecule has 0 atom stereocenters. The molecule has 3 rings (SSSR count). The molecule has 3 aromatic rings. The van der Waals surface area contributed by atoms with Gasteiger partial charge in [-0.05, 0) is 18.2 Å². The summed E-state index contributed by atoms with van der Waals surface area (Å²) in [6, 6.07) is 5.56. The van der Waals surface area contributed by atoms with Gasteiger partial charge in [0.25, 0.3) is 0 Å². The number of fused-ring (bicyclic) bond motifs is 2. The van der Waals surface area contributed by atoms with E-state index >= 15 is 0 Å². The maximum Gasteiger partial charge on any atom is 0.161 e. The summed E-state index contributed by atoms with van der Waals surface area (Å²) in [6.07, 6.45) is 1.75. The van der Waals surface area contributed by atoms with Crippen molar-refractivity contribution in [1.29, 1.82) is 0 Å². The first-order valence-corrected chi connectivity index (χ1v) is 5.53. The Labute approximate surface area is 103 Å². The van der Waals surface area contributed by atoms with E-state index in [4.69, 9.17) is 16.3 Å². The molecule has 0 amide bonds. The molecule has 0 fully saturated rings. The Morgan fingerprint density at radius 1 is 1.29 bits per heavy atom. The van der Waals surface area contributed by atoms with Crippen molar-refractivity contribution in [2.45, 2.75) is 0 Å². The van der Waals surface area contributed by atoms with Crippen LogP contribution >= 0.6 is 11.6 Å². The second kappa shape index (κ2) is 3.60. The van der Waals surface area contributed by atoms with Crippen LogP contribution < -0.4 is 4.74 Å². The van der Waals surface area contributed by atoms with E-state index in [0.29, 0.717) is 5.02 Å². The molecule has 0 bridgehead atoms. The van der Waals surface area contributed by atoms with Crippen molar-refractivity contribution in [3.63, 3.8) is 0 Å². The number of ether oxygens (including phenoxy) is 1. The first-order valence-electron chi connectivity index (χ1n) is 5.15. The first kappa shape index (κ1) is 10.4. The van der Waals surface area contributed by atoms with Crippen molar-refractivity contribution >= 4 is 33.5 Å². The summed E-state index contributed by atoms with van der Waals surface area (Å²) in [5.74, 6) is 0.764. The normalized spacial score (nSPS) is 11.2. The van der Waals surface area contributed by atoms with Crippen LogP contribution in [0.15, 0.2) is 24.4 Å². The molecule has 86 valence electrons. The van der Waals surface area contributed by atoms with E-state index in [0.717, 1.165) is 27.7 Å². The predicted octanol–water partition coefficient (Wildman–Crippen LogP) is 2.78. The molecule has 0 radical (unpaired) electrons. The molecular formula is C12H10ClN3O. The fourth-order valence-corrected chi connectivity index (χ4v) is 2.16. The average Bonchev–Trinajstić information content (AvgIpc) is 2.68. The van der Waals surface area contributed by atoms with Crippen molar-refractivity contribution in [2.75, 3.05) is 7.11 Å². The third-order valence-corrected chi connectivity index (χ3v) is 3.02. The Kier molecular flexibility index (Phi) is 2.19. The Morgan fingerprint density at radius 2 is 2.12 bits per heavy atom. The number of methoxy groups -OCH3 is 1. The molecule has 0 aliphatic carbocycles. The number of halogens is 1. The Hall–Kier alpha value is -1.81. The van der Waals surface area contributed by atoms with Gasteiger partial charge in [-0.1, -0.05) is 11.6 Å². The predicted molar refractivity (Wildman–Crippen MR) is 67.6 cm³/mol. The van der Waals surface area contributed by atoms with Crippen LogP contribution in [0.2, 0.25) is 5.02 Å². The lowest BCUT2D eigenvalue weighted by Gasteiger charge is -2.07. The second-order valence-electron chi connectivity index (χ2n) is 3.81. The Balaban J connectivity index is 2.55. The van der Waals surface area contributed by atoms with E-state index < -0.39 is 0 Å². The van der Waals surface area contributed by atoms with E-state index in [9.17, 15) is 0 Å².